The van der Waals surface area contributed by atoms with Gasteiger partial charge in [0.1, 0.15) is 17.2 Å². The largest absolute Gasteiger partial charge is 0.511 e. The number of pyridine rings is 2. The topological polar surface area (TPSA) is 167 Å². The number of nitrogens with zero attached hydrogens (tertiary/aromatic N) is 3. The van der Waals surface area contributed by atoms with Gasteiger partial charge in [-0.05, 0) is 25.1 Å². The zero-order chi connectivity index (χ0) is 32.1. The van der Waals surface area contributed by atoms with Crippen LogP contribution >= 0.6 is 12.4 Å². The maximum absolute atomic E-state index is 14.1. The molecule has 2 N–H and O–H groups in total. The summed E-state index contributed by atoms with van der Waals surface area (Å²) in [5.74, 6) is -4.46. The molecule has 46 heavy (non-hydrogen) atoms. The van der Waals surface area contributed by atoms with Crippen LogP contribution in [0.4, 0.5) is 13.6 Å². The minimum atomic E-state index is -1.31. The Labute approximate surface area is 266 Å². The van der Waals surface area contributed by atoms with Crippen molar-refractivity contribution in [1.82, 2.24) is 25.1 Å². The Balaban J connectivity index is 0.00000480. The molecule has 244 valence electrons. The fraction of sp³-hybridized carbons (Fsp3) is 0.310. The first-order valence-corrected chi connectivity index (χ1v) is 13.6. The number of carbonyl (C=O) groups excluding carboxylic acids is 4. The highest BCUT2D eigenvalue weighted by atomic mass is 35.5. The Bertz CT molecular complexity index is 1690. The molecule has 0 spiro atoms. The van der Waals surface area contributed by atoms with Gasteiger partial charge in [-0.3, -0.25) is 24.2 Å². The number of aromatic nitrogens is 2. The van der Waals surface area contributed by atoms with Crippen LogP contribution in [0.5, 0.6) is 5.75 Å². The number of ether oxygens (including phenoxy) is 4. The number of fused-ring (bicyclic) bond motifs is 2. The third kappa shape index (κ3) is 7.58. The van der Waals surface area contributed by atoms with Gasteiger partial charge in [-0.15, -0.1) is 12.4 Å². The van der Waals surface area contributed by atoms with Crippen LogP contribution in [0.2, 0.25) is 0 Å². The fourth-order valence-corrected chi connectivity index (χ4v) is 4.74. The molecule has 17 heteroatoms. The monoisotopic (exact) mass is 663 g/mol. The average Bonchev–Trinajstić information content (AvgIpc) is 3.40. The molecule has 1 fully saturated rings. The number of hydrogen-bond acceptors (Lipinski definition) is 10. The number of amides is 3. The van der Waals surface area contributed by atoms with Gasteiger partial charge in [0.05, 0.1) is 31.4 Å². The summed E-state index contributed by atoms with van der Waals surface area (Å²) >= 11 is 0. The summed E-state index contributed by atoms with van der Waals surface area (Å²) in [4.78, 5) is 69.5. The first-order valence-electron chi connectivity index (χ1n) is 13.6. The van der Waals surface area contributed by atoms with E-state index >= 15 is 0 Å². The van der Waals surface area contributed by atoms with Gasteiger partial charge < -0.3 is 39.0 Å². The lowest BCUT2D eigenvalue weighted by molar-refractivity contribution is -0.125. The predicted octanol–water partition coefficient (Wildman–Crippen LogP) is 1.88. The van der Waals surface area contributed by atoms with Gasteiger partial charge in [0.15, 0.2) is 18.5 Å². The molecule has 4 heterocycles. The van der Waals surface area contributed by atoms with Crippen molar-refractivity contribution in [3.8, 4) is 5.75 Å². The van der Waals surface area contributed by atoms with Crippen LogP contribution < -0.4 is 20.8 Å². The summed E-state index contributed by atoms with van der Waals surface area (Å²) in [7, 11) is 0. The quantitative estimate of drug-likeness (QED) is 0.241. The summed E-state index contributed by atoms with van der Waals surface area (Å²) < 4.78 is 49.3. The third-order valence-electron chi connectivity index (χ3n) is 6.94. The molecule has 2 aliphatic rings. The van der Waals surface area contributed by atoms with Crippen LogP contribution in [0.3, 0.4) is 0 Å². The SMILES string of the molecule is C[C@H]1CO[C@@H]2Cn3cc(C(=O)NCc4ccc(F)cc4F)c(=O)c(OCOC(=O)OCC(=O)NCc4ccccn4)c3C(=O)N12.Cl. The molecule has 3 amide bonds. The Morgan fingerprint density at radius 2 is 1.89 bits per heavy atom. The Morgan fingerprint density at radius 3 is 2.63 bits per heavy atom. The van der Waals surface area contributed by atoms with E-state index in [1.165, 1.54) is 9.47 Å². The summed E-state index contributed by atoms with van der Waals surface area (Å²) in [5, 5.41) is 4.90. The zero-order valence-corrected chi connectivity index (χ0v) is 25.0. The van der Waals surface area contributed by atoms with Crippen LogP contribution in [-0.4, -0.2) is 70.6 Å². The van der Waals surface area contributed by atoms with Crippen molar-refractivity contribution in [3.63, 3.8) is 0 Å². The highest BCUT2D eigenvalue weighted by Crippen LogP contribution is 2.30. The van der Waals surface area contributed by atoms with Crippen LogP contribution in [-0.2, 0) is 38.6 Å². The molecule has 1 aromatic carbocycles. The first-order chi connectivity index (χ1) is 21.6. The highest BCUT2D eigenvalue weighted by molar-refractivity contribution is 5.99. The maximum atomic E-state index is 14.1. The highest BCUT2D eigenvalue weighted by Gasteiger charge is 2.43. The van der Waals surface area contributed by atoms with Crippen molar-refractivity contribution in [2.75, 3.05) is 20.0 Å². The standard InChI is InChI=1S/C29H27F2N5O9.ClH/c1-16-13-42-23-12-35-11-20(27(39)34-9-17-5-6-18(30)8-21(17)31)25(38)26(24(35)28(40)36(16)23)44-15-45-29(41)43-14-22(37)33-10-19-4-2-3-7-32-19;/h2-8,11,16,23H,9-10,12-15H2,1H3,(H,33,37)(H,34,39);1H/t16-,23+;/m0./s1. The van der Waals surface area contributed by atoms with E-state index in [1.807, 2.05) is 0 Å². The maximum Gasteiger partial charge on any atom is 0.511 e. The zero-order valence-electron chi connectivity index (χ0n) is 24.2. The number of hydrogen-bond donors (Lipinski definition) is 2. The lowest BCUT2D eigenvalue weighted by atomic mass is 10.1. The van der Waals surface area contributed by atoms with Crippen LogP contribution in [0.1, 0.15) is 39.0 Å². The lowest BCUT2D eigenvalue weighted by Gasteiger charge is -2.34. The van der Waals surface area contributed by atoms with Crippen LogP contribution in [0, 0.1) is 11.6 Å². The summed E-state index contributed by atoms with van der Waals surface area (Å²) in [6.45, 7) is 0.190. The van der Waals surface area contributed by atoms with Gasteiger partial charge in [0.25, 0.3) is 17.7 Å². The molecule has 2 aromatic heterocycles. The Hall–Kier alpha value is -5.09. The molecule has 0 radical (unpaired) electrons. The molecule has 0 unspecified atom stereocenters. The number of carbonyl (C=O) groups is 4. The minimum absolute atomic E-state index is 0. The molecule has 0 saturated carbocycles. The predicted molar refractivity (Wildman–Crippen MR) is 155 cm³/mol. The van der Waals surface area contributed by atoms with Gasteiger partial charge in [0.2, 0.25) is 18.0 Å². The second-order valence-corrected chi connectivity index (χ2v) is 10.0. The molecular formula is C29H28ClF2N5O9. The molecule has 2 atom stereocenters. The Morgan fingerprint density at radius 1 is 1.09 bits per heavy atom. The van der Waals surface area contributed by atoms with E-state index < -0.39 is 71.9 Å². The fourth-order valence-electron chi connectivity index (χ4n) is 4.74. The third-order valence-corrected chi connectivity index (χ3v) is 6.94. The first kappa shape index (κ1) is 33.8. The van der Waals surface area contributed by atoms with E-state index in [9.17, 15) is 32.8 Å². The molecule has 0 bridgehead atoms. The van der Waals surface area contributed by atoms with Gasteiger partial charge in [-0.2, -0.15) is 0 Å². The van der Waals surface area contributed by atoms with Crippen molar-refractivity contribution < 1.29 is 46.9 Å². The van der Waals surface area contributed by atoms with Crippen molar-refractivity contribution in [1.29, 1.82) is 0 Å². The van der Waals surface area contributed by atoms with E-state index in [1.54, 1.807) is 31.3 Å². The van der Waals surface area contributed by atoms with Crippen LogP contribution in [0.25, 0.3) is 0 Å². The minimum Gasteiger partial charge on any atom is -0.451 e. The van der Waals surface area contributed by atoms with E-state index in [4.69, 9.17) is 18.9 Å². The molecule has 5 rings (SSSR count). The number of nitrogens with one attached hydrogen (secondary N) is 2. The molecule has 14 nitrogen and oxygen atoms in total. The van der Waals surface area contributed by atoms with E-state index in [0.717, 1.165) is 18.3 Å². The molecular weight excluding hydrogens is 636 g/mol. The second-order valence-electron chi connectivity index (χ2n) is 10.0. The molecule has 1 saturated heterocycles. The smallest absolute Gasteiger partial charge is 0.451 e. The van der Waals surface area contributed by atoms with Crippen molar-refractivity contribution in [2.45, 2.75) is 38.8 Å². The summed E-state index contributed by atoms with van der Waals surface area (Å²) in [5.41, 5.74) is -1.12. The normalized spacial score (nSPS) is 16.4. The summed E-state index contributed by atoms with van der Waals surface area (Å²) in [6.07, 6.45) is 0.733. The van der Waals surface area contributed by atoms with Crippen molar-refractivity contribution in [2.24, 2.45) is 0 Å². The number of halogens is 3. The second kappa shape index (κ2) is 14.8. The van der Waals surface area contributed by atoms with Gasteiger partial charge in [0, 0.05) is 30.6 Å². The van der Waals surface area contributed by atoms with Crippen molar-refractivity contribution >= 4 is 36.3 Å². The van der Waals surface area contributed by atoms with Crippen molar-refractivity contribution in [3.05, 3.63) is 93.2 Å². The van der Waals surface area contributed by atoms with E-state index in [-0.39, 0.29) is 55.9 Å². The molecule has 2 aliphatic heterocycles. The number of benzene rings is 1. The molecule has 0 aliphatic carbocycles. The van der Waals surface area contributed by atoms with Gasteiger partial charge in [-0.25, -0.2) is 13.6 Å². The lowest BCUT2D eigenvalue weighted by Crippen LogP contribution is -2.49. The molecule has 3 aromatic rings. The van der Waals surface area contributed by atoms with Gasteiger partial charge in [-0.1, -0.05) is 12.1 Å². The number of rotatable bonds is 10. The van der Waals surface area contributed by atoms with E-state index in [2.05, 4.69) is 15.6 Å². The van der Waals surface area contributed by atoms with E-state index in [0.29, 0.717) is 11.8 Å². The summed E-state index contributed by atoms with van der Waals surface area (Å²) in [6, 6.07) is 7.65. The average molecular weight is 664 g/mol. The van der Waals surface area contributed by atoms with Gasteiger partial charge >= 0.3 is 6.16 Å². The Kier molecular flexibility index (Phi) is 10.9. The van der Waals surface area contributed by atoms with Crippen LogP contribution in [0.15, 0.2) is 53.6 Å².